The highest BCUT2D eigenvalue weighted by molar-refractivity contribution is 8.01. The van der Waals surface area contributed by atoms with Crippen LogP contribution in [0, 0.1) is 0 Å². The summed E-state index contributed by atoms with van der Waals surface area (Å²) < 4.78 is 260. The lowest BCUT2D eigenvalue weighted by atomic mass is 10.1. The first-order chi connectivity index (χ1) is 47.9. The Labute approximate surface area is 595 Å². The number of azo groups is 2. The van der Waals surface area contributed by atoms with E-state index in [0.29, 0.717) is 12.1 Å². The van der Waals surface area contributed by atoms with Crippen molar-refractivity contribution in [2.24, 2.45) is 20.5 Å². The minimum Gasteiger partial charge on any atom is -0.505 e. The molecule has 38 nitrogen and oxygen atoms in total. The number of sulfone groups is 2. The van der Waals surface area contributed by atoms with Gasteiger partial charge in [0, 0.05) is 33.7 Å². The minimum atomic E-state index is -5.36. The van der Waals surface area contributed by atoms with Gasteiger partial charge in [-0.15, -0.1) is 10.2 Å². The number of thioether (sulfide) groups is 1. The first-order valence-electron chi connectivity index (χ1n) is 27.6. The zero-order chi connectivity index (χ0) is 75.2. The monoisotopic (exact) mass is 1630 g/mol. The molecule has 49 heteroatoms. The van der Waals surface area contributed by atoms with Crippen molar-refractivity contribution in [1.82, 2.24) is 29.9 Å². The molecule has 0 fully saturated rings. The number of hydrogen-bond donors (Lipinski definition) is 12. The molecular weight excluding hydrogens is 1590 g/mol. The average Bonchev–Trinajstić information content (AvgIpc) is 0.751. The van der Waals surface area contributed by atoms with Gasteiger partial charge in [0.15, 0.2) is 31.2 Å². The highest BCUT2D eigenvalue weighted by atomic mass is 35.5. The fourth-order valence-electron chi connectivity index (χ4n) is 9.18. The van der Waals surface area contributed by atoms with Crippen LogP contribution in [0.25, 0.3) is 21.5 Å². The smallest absolute Gasteiger partial charge is 0.296 e. The molecule has 0 atom stereocenters. The van der Waals surface area contributed by atoms with Crippen LogP contribution < -0.4 is 21.3 Å². The van der Waals surface area contributed by atoms with Crippen LogP contribution in [0.15, 0.2) is 193 Å². The lowest BCUT2D eigenvalue weighted by Gasteiger charge is -2.15. The molecule has 103 heavy (non-hydrogen) atoms. The van der Waals surface area contributed by atoms with E-state index in [4.69, 9.17) is 23.2 Å². The molecule has 0 spiro atoms. The number of aromatic hydroxyl groups is 2. The maximum atomic E-state index is 13.4. The van der Waals surface area contributed by atoms with Crippen molar-refractivity contribution >= 4 is 206 Å². The SMILES string of the molecule is O=S(=O)(O)c1ccc(Nc2nc(Cl)nc(Nc3cc(S(=O)(=O)O)cc4cc(S(=O)(=O)O)c(N=Nc5ccc(S(=O)(=O)CCSCCS(=O)(=O)c6ccc(N=Nc7c(S(=O)(=O)O)cc8cc(S(=O)(=O)O)cc(Nc9nc(Cl)nc(Nc%10ccc(S(=O)(=O)O)cc%10)n9)c8c7O)cc6)cc5)c(O)c34)n2)cc1. The molecule has 0 unspecified atom stereocenters. The maximum absolute atomic E-state index is 13.4. The van der Waals surface area contributed by atoms with Crippen LogP contribution in [-0.2, 0) is 80.4 Å². The van der Waals surface area contributed by atoms with Crippen LogP contribution in [-0.4, -0.2) is 158 Å². The lowest BCUT2D eigenvalue weighted by Crippen LogP contribution is -2.12. The summed E-state index contributed by atoms with van der Waals surface area (Å²) in [6, 6.07) is 22.3. The van der Waals surface area contributed by atoms with E-state index in [1.807, 2.05) is 0 Å². The van der Waals surface area contributed by atoms with Gasteiger partial charge in [-0.05, 0) is 167 Å². The molecule has 0 saturated heterocycles. The second kappa shape index (κ2) is 29.0. The van der Waals surface area contributed by atoms with E-state index in [-0.39, 0.29) is 55.9 Å². The molecule has 0 aliphatic carbocycles. The first kappa shape index (κ1) is 76.2. The quantitative estimate of drug-likeness (QED) is 0.0136. The summed E-state index contributed by atoms with van der Waals surface area (Å²) in [6.45, 7) is 0. The molecule has 0 amide bonds. The van der Waals surface area contributed by atoms with Crippen molar-refractivity contribution in [2.45, 2.75) is 39.2 Å². The van der Waals surface area contributed by atoms with Gasteiger partial charge >= 0.3 is 0 Å². The molecule has 0 radical (unpaired) electrons. The molecule has 0 saturated carbocycles. The van der Waals surface area contributed by atoms with Crippen molar-refractivity contribution in [3.63, 3.8) is 0 Å². The summed E-state index contributed by atoms with van der Waals surface area (Å²) >= 11 is 13.2. The minimum absolute atomic E-state index is 0.131. The van der Waals surface area contributed by atoms with Gasteiger partial charge in [0.1, 0.15) is 21.2 Å². The Morgan fingerprint density at radius 1 is 0.350 bits per heavy atom. The summed E-state index contributed by atoms with van der Waals surface area (Å²) in [7, 11) is -38.3. The third-order valence-electron chi connectivity index (χ3n) is 13.8. The normalized spacial score (nSPS) is 12.9. The van der Waals surface area contributed by atoms with Crippen LogP contribution in [0.5, 0.6) is 11.5 Å². The van der Waals surface area contributed by atoms with Crippen molar-refractivity contribution in [1.29, 1.82) is 0 Å². The van der Waals surface area contributed by atoms with Crippen LogP contribution in [0.4, 0.5) is 69.3 Å². The van der Waals surface area contributed by atoms with Crippen molar-refractivity contribution in [3.8, 4) is 11.5 Å². The third kappa shape index (κ3) is 18.5. The highest BCUT2D eigenvalue weighted by Gasteiger charge is 2.29. The molecule has 2 heterocycles. The number of benzene rings is 8. The standard InChI is InChI=1S/C54H42Cl2N14O24S9/c55-49-61-51(57-29-1-13-35(14-2-29)98(77,78)79)65-53(63-49)59-39-25-37(100(83,84)85)21-27-23-41(102(89,90)91)45(47(71)43(27)39)69-67-31-5-9-33(10-6-31)96(73,74)19-17-95-18-20-97(75,76)34-11-7-32(8-12-34)68-70-46-42(103(92,93)94)24-28-22-38(101(86,87)88)26-40(44(28)48(46)72)60-54-64-50(56)62-52(66-54)58-30-3-15-36(16-4-30)99(80,81)82/h1-16,21-26,71-72H,17-20H2,(H,77,78,79)(H,80,81,82)(H,83,84,85)(H,86,87,88)(H,89,90,91)(H,92,93,94)(H2,57,59,61,63,65)(H2,58,60,62,64,66). The van der Waals surface area contributed by atoms with E-state index in [0.717, 1.165) is 109 Å². The molecule has 540 valence electrons. The van der Waals surface area contributed by atoms with Crippen LogP contribution in [0.1, 0.15) is 0 Å². The van der Waals surface area contributed by atoms with Crippen molar-refractivity contribution < 1.29 is 105 Å². The topological polar surface area (TPSA) is 610 Å². The van der Waals surface area contributed by atoms with Crippen LogP contribution in [0.3, 0.4) is 0 Å². The molecule has 2 aromatic heterocycles. The number of aromatic nitrogens is 6. The van der Waals surface area contributed by atoms with Crippen LogP contribution >= 0.6 is 35.0 Å². The Balaban J connectivity index is 0.807. The van der Waals surface area contributed by atoms with Gasteiger partial charge in [0.25, 0.3) is 60.7 Å². The van der Waals surface area contributed by atoms with Gasteiger partial charge in [-0.1, -0.05) is 0 Å². The van der Waals surface area contributed by atoms with Gasteiger partial charge in [-0.2, -0.15) is 102 Å². The second-order valence-electron chi connectivity index (χ2n) is 20.8. The summed E-state index contributed by atoms with van der Waals surface area (Å²) in [5, 5.41) is 46.6. The van der Waals surface area contributed by atoms with Gasteiger partial charge < -0.3 is 31.5 Å². The number of rotatable bonds is 26. The fraction of sp³-hybridized carbons (Fsp3) is 0.0741. The third-order valence-corrected chi connectivity index (χ3v) is 24.3. The number of phenolic OH excluding ortho intramolecular Hbond substituents is 2. The van der Waals surface area contributed by atoms with Crippen molar-refractivity contribution in [2.75, 3.05) is 44.3 Å². The fourth-order valence-corrected chi connectivity index (χ4v) is 17.3. The molecule has 10 aromatic rings. The second-order valence-corrected chi connectivity index (χ2v) is 35.4. The molecule has 8 aromatic carbocycles. The van der Waals surface area contributed by atoms with Gasteiger partial charge in [0.2, 0.25) is 34.4 Å². The number of anilines is 8. The summed E-state index contributed by atoms with van der Waals surface area (Å²) in [5.74, 6) is -5.05. The van der Waals surface area contributed by atoms with E-state index in [1.165, 1.54) is 24.3 Å². The van der Waals surface area contributed by atoms with Gasteiger partial charge in [-0.25, -0.2) is 16.8 Å². The van der Waals surface area contributed by atoms with Gasteiger partial charge in [-0.3, -0.25) is 27.3 Å². The Bertz CT molecular complexity index is 5790. The largest absolute Gasteiger partial charge is 0.505 e. The van der Waals surface area contributed by atoms with Crippen molar-refractivity contribution in [3.05, 3.63) is 144 Å². The van der Waals surface area contributed by atoms with E-state index < -0.39 is 200 Å². The van der Waals surface area contributed by atoms with E-state index >= 15 is 0 Å². The Hall–Kier alpha value is -9.41. The summed E-state index contributed by atoms with van der Waals surface area (Å²) in [5.41, 5.74) is -2.81. The van der Waals surface area contributed by atoms with E-state index in [1.54, 1.807) is 0 Å². The van der Waals surface area contributed by atoms with E-state index in [9.17, 15) is 105 Å². The highest BCUT2D eigenvalue weighted by Crippen LogP contribution is 2.48. The number of nitrogens with zero attached hydrogens (tertiary/aromatic N) is 10. The zero-order valence-electron chi connectivity index (χ0n) is 50.5. The Kier molecular flexibility index (Phi) is 21.5. The summed E-state index contributed by atoms with van der Waals surface area (Å²) in [4.78, 5) is 18.4. The number of halogens is 2. The number of phenols is 2. The molecule has 0 aliphatic heterocycles. The predicted octanol–water partition coefficient (Wildman–Crippen LogP) is 9.35. The first-order valence-corrected chi connectivity index (χ1v) is 41.5. The predicted molar refractivity (Wildman–Crippen MR) is 368 cm³/mol. The average molecular weight is 1630 g/mol. The summed E-state index contributed by atoms with van der Waals surface area (Å²) in [6.07, 6.45) is 0. The molecule has 0 aliphatic rings. The molecule has 12 N–H and O–H groups in total. The Morgan fingerprint density at radius 2 is 0.650 bits per heavy atom. The number of fused-ring (bicyclic) bond motifs is 2. The molecular formula is C54H42Cl2N14O24S9. The van der Waals surface area contributed by atoms with Crippen LogP contribution in [0.2, 0.25) is 10.6 Å². The van der Waals surface area contributed by atoms with E-state index in [2.05, 4.69) is 71.6 Å². The lowest BCUT2D eigenvalue weighted by molar-refractivity contribution is 0.471. The molecule has 0 bridgehead atoms. The zero-order valence-corrected chi connectivity index (χ0v) is 59.4. The molecule has 10 rings (SSSR count). The number of hydrogen-bond acceptors (Lipinski definition) is 33. The maximum Gasteiger partial charge on any atom is 0.296 e. The van der Waals surface area contributed by atoms with Gasteiger partial charge in [0.05, 0.1) is 63.6 Å². The Morgan fingerprint density at radius 3 is 0.951 bits per heavy atom. The number of nitrogens with one attached hydrogen (secondary N) is 4.